The lowest BCUT2D eigenvalue weighted by molar-refractivity contribution is 0.750. The molecule has 0 aliphatic heterocycles. The normalized spacial score (nSPS) is 13.6. The van der Waals surface area contributed by atoms with Gasteiger partial charge in [-0.25, -0.2) is 0 Å². The summed E-state index contributed by atoms with van der Waals surface area (Å²) in [7, 11) is 1.84. The van der Waals surface area contributed by atoms with Crippen molar-refractivity contribution in [3.8, 4) is 0 Å². The summed E-state index contributed by atoms with van der Waals surface area (Å²) in [5, 5.41) is 10.3. The summed E-state index contributed by atoms with van der Waals surface area (Å²) < 4.78 is 0. The molecule has 0 aliphatic carbocycles. The van der Waals surface area contributed by atoms with Gasteiger partial charge < -0.3 is 10.7 Å². The highest BCUT2D eigenvalue weighted by Crippen LogP contribution is 2.12. The van der Waals surface area contributed by atoms with Gasteiger partial charge in [0.15, 0.2) is 0 Å². The first-order valence-electron chi connectivity index (χ1n) is 4.66. The van der Waals surface area contributed by atoms with Gasteiger partial charge in [-0.2, -0.15) is 0 Å². The lowest BCUT2D eigenvalue weighted by Crippen LogP contribution is -2.20. The first-order chi connectivity index (χ1) is 6.58. The van der Waals surface area contributed by atoms with Crippen LogP contribution in [0, 0.1) is 11.3 Å². The number of allylic oxidation sites excluding steroid dienone is 2. The van der Waals surface area contributed by atoms with Crippen LogP contribution < -0.4 is 5.32 Å². The molecule has 0 aromatic heterocycles. The summed E-state index contributed by atoms with van der Waals surface area (Å²) in [6, 6.07) is 0. The van der Waals surface area contributed by atoms with E-state index in [0.717, 1.165) is 5.70 Å². The zero-order chi connectivity index (χ0) is 11.1. The molecule has 0 atom stereocenters. The summed E-state index contributed by atoms with van der Waals surface area (Å²) in [4.78, 5) is 4.03. The van der Waals surface area contributed by atoms with E-state index in [1.807, 2.05) is 14.0 Å². The molecule has 0 rings (SSSR count). The molecule has 0 spiro atoms. The van der Waals surface area contributed by atoms with Crippen LogP contribution in [0.2, 0.25) is 0 Å². The minimum atomic E-state index is 0.437. The molecule has 0 heterocycles. The van der Waals surface area contributed by atoms with Crippen LogP contribution >= 0.6 is 0 Å². The van der Waals surface area contributed by atoms with Gasteiger partial charge >= 0.3 is 0 Å². The van der Waals surface area contributed by atoms with Gasteiger partial charge in [0.1, 0.15) is 5.71 Å². The molecule has 2 N–H and O–H groups in total. The lowest BCUT2D eigenvalue weighted by Gasteiger charge is -2.13. The highest BCUT2D eigenvalue weighted by molar-refractivity contribution is 6.37. The van der Waals surface area contributed by atoms with Gasteiger partial charge in [0.2, 0.25) is 0 Å². The van der Waals surface area contributed by atoms with Crippen molar-refractivity contribution in [2.45, 2.75) is 20.8 Å². The van der Waals surface area contributed by atoms with Crippen LogP contribution in [0.25, 0.3) is 0 Å². The Morgan fingerprint density at radius 1 is 1.50 bits per heavy atom. The maximum atomic E-state index is 7.25. The number of nitrogens with zero attached hydrogens (tertiary/aromatic N) is 1. The van der Waals surface area contributed by atoms with Crippen LogP contribution in [0.3, 0.4) is 0 Å². The predicted octanol–water partition coefficient (Wildman–Crippen LogP) is 2.37. The Kier molecular flexibility index (Phi) is 5.53. The molecule has 14 heavy (non-hydrogen) atoms. The summed E-state index contributed by atoms with van der Waals surface area (Å²) in [6.07, 6.45) is 2.69. The molecule has 0 fully saturated rings. The van der Waals surface area contributed by atoms with Crippen molar-refractivity contribution in [1.29, 1.82) is 5.41 Å². The predicted molar refractivity (Wildman–Crippen MR) is 63.0 cm³/mol. The van der Waals surface area contributed by atoms with E-state index in [2.05, 4.69) is 30.7 Å². The van der Waals surface area contributed by atoms with Gasteiger partial charge in [-0.15, -0.1) is 0 Å². The fourth-order valence-electron chi connectivity index (χ4n) is 1.09. The molecule has 3 heteroatoms. The van der Waals surface area contributed by atoms with Crippen LogP contribution in [-0.4, -0.2) is 19.0 Å². The van der Waals surface area contributed by atoms with Crippen LogP contribution in [-0.2, 0) is 0 Å². The lowest BCUT2D eigenvalue weighted by atomic mass is 10.0. The summed E-state index contributed by atoms with van der Waals surface area (Å²) >= 11 is 0. The molecule has 0 aromatic carbocycles. The maximum absolute atomic E-state index is 7.25. The number of hydrogen-bond donors (Lipinski definition) is 2. The smallest absolute Gasteiger partial charge is 0.103 e. The van der Waals surface area contributed by atoms with Gasteiger partial charge in [0, 0.05) is 19.5 Å². The zero-order valence-corrected chi connectivity index (χ0v) is 9.39. The van der Waals surface area contributed by atoms with Crippen molar-refractivity contribution in [3.63, 3.8) is 0 Å². The van der Waals surface area contributed by atoms with Crippen LogP contribution in [0.15, 0.2) is 29.0 Å². The maximum Gasteiger partial charge on any atom is 0.103 e. The van der Waals surface area contributed by atoms with Crippen LogP contribution in [0.5, 0.6) is 0 Å². The van der Waals surface area contributed by atoms with E-state index in [9.17, 15) is 0 Å². The monoisotopic (exact) mass is 193 g/mol. The molecular weight excluding hydrogens is 174 g/mol. The quantitative estimate of drug-likeness (QED) is 0.647. The van der Waals surface area contributed by atoms with E-state index in [-0.39, 0.29) is 0 Å². The van der Waals surface area contributed by atoms with E-state index in [4.69, 9.17) is 5.41 Å². The molecule has 3 nitrogen and oxygen atoms in total. The highest BCUT2D eigenvalue weighted by atomic mass is 14.9. The minimum absolute atomic E-state index is 0.437. The Labute approximate surface area is 86.1 Å². The van der Waals surface area contributed by atoms with Crippen LogP contribution in [0.4, 0.5) is 0 Å². The van der Waals surface area contributed by atoms with Gasteiger partial charge in [0.25, 0.3) is 0 Å². The van der Waals surface area contributed by atoms with E-state index in [0.29, 0.717) is 11.6 Å². The largest absolute Gasteiger partial charge is 0.386 e. The molecule has 0 saturated heterocycles. The molecule has 0 aliphatic rings. The van der Waals surface area contributed by atoms with Gasteiger partial charge in [0.05, 0.1) is 5.70 Å². The topological polar surface area (TPSA) is 48.2 Å². The molecule has 0 bridgehead atoms. The van der Waals surface area contributed by atoms with Crippen molar-refractivity contribution in [1.82, 2.24) is 5.32 Å². The number of rotatable bonds is 5. The summed E-state index contributed by atoms with van der Waals surface area (Å²) in [5.74, 6) is 0.437. The molecule has 0 amide bonds. The fourth-order valence-corrected chi connectivity index (χ4v) is 1.09. The third-order valence-corrected chi connectivity index (χ3v) is 2.13. The second kappa shape index (κ2) is 6.13. The van der Waals surface area contributed by atoms with Crippen molar-refractivity contribution < 1.29 is 0 Å². The molecule has 0 radical (unpaired) electrons. The Balaban J connectivity index is 5.24. The van der Waals surface area contributed by atoms with E-state index >= 15 is 0 Å². The number of hydrogen-bond acceptors (Lipinski definition) is 3. The number of aliphatic imine (C=N–C) groups is 1. The second-order valence-corrected chi connectivity index (χ2v) is 3.30. The highest BCUT2D eigenvalue weighted by Gasteiger charge is 2.08. The Bertz CT molecular complexity index is 272. The first kappa shape index (κ1) is 12.6. The Hall–Kier alpha value is -1.38. The molecule has 0 aromatic rings. The minimum Gasteiger partial charge on any atom is -0.386 e. The van der Waals surface area contributed by atoms with E-state index in [1.54, 1.807) is 0 Å². The standard InChI is InChI=1S/C11H19N3/c1-6-14-10(7-12)11(13-5)9(4)8(2)3/h6-8,12-13H,1H2,2-5H3/b11-9-,12-7?,14-10?. The molecular formula is C11H19N3. The Morgan fingerprint density at radius 2 is 2.07 bits per heavy atom. The first-order valence-corrected chi connectivity index (χ1v) is 4.66. The van der Waals surface area contributed by atoms with Crippen LogP contribution in [0.1, 0.15) is 20.8 Å². The molecule has 0 unspecified atom stereocenters. The zero-order valence-electron chi connectivity index (χ0n) is 9.39. The number of nitrogens with one attached hydrogen (secondary N) is 2. The van der Waals surface area contributed by atoms with Crippen molar-refractivity contribution >= 4 is 11.9 Å². The summed E-state index contributed by atoms with van der Waals surface area (Å²) in [6.45, 7) is 9.79. The van der Waals surface area contributed by atoms with Gasteiger partial charge in [-0.3, -0.25) is 4.99 Å². The van der Waals surface area contributed by atoms with Crippen molar-refractivity contribution in [2.24, 2.45) is 10.9 Å². The summed E-state index contributed by atoms with van der Waals surface area (Å²) in [5.41, 5.74) is 2.72. The Morgan fingerprint density at radius 3 is 2.36 bits per heavy atom. The fraction of sp³-hybridized carbons (Fsp3) is 0.455. The molecule has 0 saturated carbocycles. The third kappa shape index (κ3) is 3.17. The van der Waals surface area contributed by atoms with E-state index in [1.165, 1.54) is 18.0 Å². The SMILES string of the molecule is C=CN=C(C=N)/C(NC)=C(\C)C(C)C. The van der Waals surface area contributed by atoms with Gasteiger partial charge in [-0.05, 0) is 18.4 Å². The average Bonchev–Trinajstić information content (AvgIpc) is 2.17. The second-order valence-electron chi connectivity index (χ2n) is 3.30. The molecule has 78 valence electrons. The average molecular weight is 193 g/mol. The van der Waals surface area contributed by atoms with Crippen molar-refractivity contribution in [2.75, 3.05) is 7.05 Å². The van der Waals surface area contributed by atoms with Gasteiger partial charge in [-0.1, -0.05) is 20.4 Å². The third-order valence-electron chi connectivity index (χ3n) is 2.13. The van der Waals surface area contributed by atoms with Crippen molar-refractivity contribution in [3.05, 3.63) is 24.0 Å². The van der Waals surface area contributed by atoms with E-state index < -0.39 is 0 Å².